The molecule has 3 N–H and O–H groups in total. The molecule has 0 spiro atoms. The maximum atomic E-state index is 10.6. The highest BCUT2D eigenvalue weighted by molar-refractivity contribution is 5.79. The number of rotatable bonds is 9. The van der Waals surface area contributed by atoms with Gasteiger partial charge < -0.3 is 25.2 Å². The summed E-state index contributed by atoms with van der Waals surface area (Å²) in [5, 5.41) is 17.0. The molecule has 0 aliphatic rings. The van der Waals surface area contributed by atoms with Crippen molar-refractivity contribution in [3.8, 4) is 11.5 Å². The van der Waals surface area contributed by atoms with Crippen molar-refractivity contribution in [3.63, 3.8) is 0 Å². The van der Waals surface area contributed by atoms with E-state index in [9.17, 15) is 5.11 Å². The number of nitrogens with one attached hydrogen (secondary N) is 2. The van der Waals surface area contributed by atoms with E-state index in [0.29, 0.717) is 19.0 Å². The largest absolute Gasteiger partial charge is 0.497 e. The first kappa shape index (κ1) is 22.6. The predicted molar refractivity (Wildman–Crippen MR) is 118 cm³/mol. The van der Waals surface area contributed by atoms with Crippen LogP contribution in [-0.4, -0.2) is 37.4 Å². The molecule has 0 fully saturated rings. The van der Waals surface area contributed by atoms with Gasteiger partial charge in [0.1, 0.15) is 11.5 Å². The number of hydrogen-bond donors (Lipinski definition) is 3. The van der Waals surface area contributed by atoms with Crippen LogP contribution < -0.4 is 20.1 Å². The third-order valence-electron chi connectivity index (χ3n) is 4.19. The molecule has 29 heavy (non-hydrogen) atoms. The van der Waals surface area contributed by atoms with Gasteiger partial charge in [-0.2, -0.15) is 0 Å². The van der Waals surface area contributed by atoms with Crippen molar-refractivity contribution >= 4 is 5.96 Å². The van der Waals surface area contributed by atoms with E-state index in [1.165, 1.54) is 0 Å². The number of methoxy groups -OCH3 is 1. The summed E-state index contributed by atoms with van der Waals surface area (Å²) in [4.78, 5) is 4.63. The number of hydrogen-bond acceptors (Lipinski definition) is 4. The standard InChI is InChI=1S/C23H33N3O3/c1-6-24-23(25-14-18-10-17(4)11-21(12-18)28-5)26-15-22(27)19-8-7-9-20(13-19)29-16(2)3/h7-13,16,22,27H,6,14-15H2,1-5H3,(H2,24,25,26). The monoisotopic (exact) mass is 399 g/mol. The van der Waals surface area contributed by atoms with Crippen LogP contribution in [-0.2, 0) is 6.54 Å². The van der Waals surface area contributed by atoms with E-state index in [1.807, 2.05) is 64.1 Å². The third kappa shape index (κ3) is 7.66. The summed E-state index contributed by atoms with van der Waals surface area (Å²) in [5.74, 6) is 2.24. The number of aliphatic hydroxyl groups is 1. The molecular weight excluding hydrogens is 366 g/mol. The molecule has 0 amide bonds. The lowest BCUT2D eigenvalue weighted by Gasteiger charge is -2.17. The van der Waals surface area contributed by atoms with E-state index >= 15 is 0 Å². The van der Waals surface area contributed by atoms with Gasteiger partial charge in [0.25, 0.3) is 0 Å². The van der Waals surface area contributed by atoms with Gasteiger partial charge in [-0.05, 0) is 68.7 Å². The number of ether oxygens (including phenoxy) is 2. The Morgan fingerprint density at radius 2 is 1.90 bits per heavy atom. The summed E-state index contributed by atoms with van der Waals surface area (Å²) < 4.78 is 11.0. The second-order valence-electron chi connectivity index (χ2n) is 7.19. The lowest BCUT2D eigenvalue weighted by molar-refractivity contribution is 0.179. The summed E-state index contributed by atoms with van der Waals surface area (Å²) in [6.45, 7) is 9.59. The van der Waals surface area contributed by atoms with Crippen molar-refractivity contribution in [3.05, 3.63) is 59.2 Å². The fourth-order valence-electron chi connectivity index (χ4n) is 2.92. The number of aliphatic imine (C=N–C) groups is 1. The molecule has 0 aliphatic carbocycles. The van der Waals surface area contributed by atoms with Gasteiger partial charge in [-0.25, -0.2) is 4.99 Å². The average Bonchev–Trinajstić information content (AvgIpc) is 2.69. The summed E-state index contributed by atoms with van der Waals surface area (Å²) in [7, 11) is 1.66. The van der Waals surface area contributed by atoms with E-state index in [1.54, 1.807) is 7.11 Å². The second-order valence-corrected chi connectivity index (χ2v) is 7.19. The SMILES string of the molecule is CCNC(=NCc1cc(C)cc(OC)c1)NCC(O)c1cccc(OC(C)C)c1. The van der Waals surface area contributed by atoms with Gasteiger partial charge in [0, 0.05) is 13.1 Å². The lowest BCUT2D eigenvalue weighted by atomic mass is 10.1. The van der Waals surface area contributed by atoms with Crippen LogP contribution in [0.4, 0.5) is 0 Å². The molecule has 6 heteroatoms. The van der Waals surface area contributed by atoms with E-state index in [4.69, 9.17) is 9.47 Å². The fraction of sp³-hybridized carbons (Fsp3) is 0.435. The highest BCUT2D eigenvalue weighted by Gasteiger charge is 2.10. The number of aryl methyl sites for hydroxylation is 1. The second kappa shape index (κ2) is 11.3. The smallest absolute Gasteiger partial charge is 0.191 e. The third-order valence-corrected chi connectivity index (χ3v) is 4.19. The van der Waals surface area contributed by atoms with Gasteiger partial charge in [0.05, 0.1) is 25.9 Å². The Morgan fingerprint density at radius 1 is 1.10 bits per heavy atom. The Bertz CT molecular complexity index is 806. The van der Waals surface area contributed by atoms with Crippen LogP contribution in [0.25, 0.3) is 0 Å². The number of benzene rings is 2. The molecule has 2 aromatic carbocycles. The van der Waals surface area contributed by atoms with Crippen LogP contribution in [0.15, 0.2) is 47.5 Å². The molecule has 158 valence electrons. The van der Waals surface area contributed by atoms with Gasteiger partial charge in [0.15, 0.2) is 5.96 Å². The van der Waals surface area contributed by atoms with Gasteiger partial charge >= 0.3 is 0 Å². The van der Waals surface area contributed by atoms with Crippen molar-refractivity contribution in [1.29, 1.82) is 0 Å². The molecule has 2 rings (SSSR count). The van der Waals surface area contributed by atoms with Crippen molar-refractivity contribution in [2.24, 2.45) is 4.99 Å². The van der Waals surface area contributed by atoms with Crippen molar-refractivity contribution in [1.82, 2.24) is 10.6 Å². The first-order valence-corrected chi connectivity index (χ1v) is 10.0. The zero-order valence-corrected chi connectivity index (χ0v) is 18.0. The summed E-state index contributed by atoms with van der Waals surface area (Å²) in [6, 6.07) is 13.6. The quantitative estimate of drug-likeness (QED) is 0.444. The fourth-order valence-corrected chi connectivity index (χ4v) is 2.92. The molecule has 0 aromatic heterocycles. The molecular formula is C23H33N3O3. The predicted octanol–water partition coefficient (Wildman–Crippen LogP) is 3.58. The first-order valence-electron chi connectivity index (χ1n) is 10.0. The molecule has 1 unspecified atom stereocenters. The van der Waals surface area contributed by atoms with Crippen LogP contribution >= 0.6 is 0 Å². The average molecular weight is 400 g/mol. The minimum Gasteiger partial charge on any atom is -0.497 e. The molecule has 0 radical (unpaired) electrons. The van der Waals surface area contributed by atoms with E-state index < -0.39 is 6.10 Å². The minimum absolute atomic E-state index is 0.0910. The topological polar surface area (TPSA) is 75.1 Å². The van der Waals surface area contributed by atoms with Crippen LogP contribution in [0.2, 0.25) is 0 Å². The maximum Gasteiger partial charge on any atom is 0.191 e. The summed E-state index contributed by atoms with van der Waals surface area (Å²) in [5.41, 5.74) is 3.00. The highest BCUT2D eigenvalue weighted by Crippen LogP contribution is 2.20. The zero-order chi connectivity index (χ0) is 21.2. The molecule has 1 atom stereocenters. The van der Waals surface area contributed by atoms with Crippen molar-refractivity contribution in [2.45, 2.75) is 46.4 Å². The first-order chi connectivity index (χ1) is 13.9. The Morgan fingerprint density at radius 3 is 2.59 bits per heavy atom. The molecule has 0 heterocycles. The number of aliphatic hydroxyl groups excluding tert-OH is 1. The maximum absolute atomic E-state index is 10.6. The molecule has 0 aliphatic heterocycles. The Balaban J connectivity index is 2.01. The normalized spacial score (nSPS) is 12.6. The van der Waals surface area contributed by atoms with E-state index in [2.05, 4.69) is 21.7 Å². The van der Waals surface area contributed by atoms with Gasteiger partial charge in [0.2, 0.25) is 0 Å². The van der Waals surface area contributed by atoms with Gasteiger partial charge in [-0.15, -0.1) is 0 Å². The zero-order valence-electron chi connectivity index (χ0n) is 18.0. The van der Waals surface area contributed by atoms with Crippen LogP contribution in [0.3, 0.4) is 0 Å². The van der Waals surface area contributed by atoms with Crippen molar-refractivity contribution < 1.29 is 14.6 Å². The number of guanidine groups is 1. The van der Waals surface area contributed by atoms with Crippen LogP contribution in [0.5, 0.6) is 11.5 Å². The van der Waals surface area contributed by atoms with Gasteiger partial charge in [-0.3, -0.25) is 0 Å². The molecule has 0 saturated carbocycles. The Hall–Kier alpha value is -2.73. The van der Waals surface area contributed by atoms with E-state index in [0.717, 1.165) is 34.7 Å². The molecule has 0 bridgehead atoms. The van der Waals surface area contributed by atoms with Crippen LogP contribution in [0, 0.1) is 6.92 Å². The highest BCUT2D eigenvalue weighted by atomic mass is 16.5. The van der Waals surface area contributed by atoms with Crippen LogP contribution in [0.1, 0.15) is 43.6 Å². The summed E-state index contributed by atoms with van der Waals surface area (Å²) in [6.07, 6.45) is -0.582. The minimum atomic E-state index is -0.673. The van der Waals surface area contributed by atoms with Gasteiger partial charge in [-0.1, -0.05) is 18.2 Å². The molecule has 2 aromatic rings. The summed E-state index contributed by atoms with van der Waals surface area (Å²) >= 11 is 0. The molecule has 6 nitrogen and oxygen atoms in total. The Labute approximate surface area is 174 Å². The van der Waals surface area contributed by atoms with Crippen molar-refractivity contribution in [2.75, 3.05) is 20.2 Å². The lowest BCUT2D eigenvalue weighted by Crippen LogP contribution is -2.39. The number of nitrogens with zero attached hydrogens (tertiary/aromatic N) is 1. The van der Waals surface area contributed by atoms with E-state index in [-0.39, 0.29) is 6.10 Å². The molecule has 0 saturated heterocycles. The Kier molecular flexibility index (Phi) is 8.80.